The molecular formula is C9H11F2NO2. The fourth-order valence-corrected chi connectivity index (χ4v) is 1.08. The van der Waals surface area contributed by atoms with Crippen LogP contribution in [0.25, 0.3) is 0 Å². The van der Waals surface area contributed by atoms with Gasteiger partial charge in [-0.15, -0.1) is 0 Å². The Balaban J connectivity index is 3.17. The van der Waals surface area contributed by atoms with E-state index in [1.807, 2.05) is 0 Å². The van der Waals surface area contributed by atoms with Gasteiger partial charge in [0.05, 0.1) is 12.1 Å². The van der Waals surface area contributed by atoms with Gasteiger partial charge in [0.25, 0.3) is 0 Å². The van der Waals surface area contributed by atoms with Crippen LogP contribution in [0.1, 0.15) is 18.5 Å². The predicted molar refractivity (Wildman–Crippen MR) is 46.6 cm³/mol. The fraction of sp³-hybridized carbons (Fsp3) is 0.333. The number of hydrogen-bond acceptors (Lipinski definition) is 3. The molecule has 3 nitrogen and oxygen atoms in total. The molecule has 14 heavy (non-hydrogen) atoms. The van der Waals surface area contributed by atoms with Crippen molar-refractivity contribution in [3.05, 3.63) is 29.3 Å². The SMILES string of the molecule is CC(O)[C@H](N)c1ccc(F)c(F)c1O. The zero-order valence-corrected chi connectivity index (χ0v) is 7.54. The van der Waals surface area contributed by atoms with Gasteiger partial charge in [-0.2, -0.15) is 4.39 Å². The maximum absolute atomic E-state index is 12.9. The molecule has 1 rings (SSSR count). The van der Waals surface area contributed by atoms with Gasteiger partial charge < -0.3 is 15.9 Å². The summed E-state index contributed by atoms with van der Waals surface area (Å²) < 4.78 is 25.4. The quantitative estimate of drug-likeness (QED) is 0.673. The summed E-state index contributed by atoms with van der Waals surface area (Å²) in [6.45, 7) is 1.39. The van der Waals surface area contributed by atoms with Crippen molar-refractivity contribution in [3.8, 4) is 5.75 Å². The van der Waals surface area contributed by atoms with E-state index in [1.54, 1.807) is 0 Å². The number of rotatable bonds is 2. The number of nitrogens with two attached hydrogens (primary N) is 1. The molecule has 0 heterocycles. The van der Waals surface area contributed by atoms with Gasteiger partial charge in [0, 0.05) is 5.56 Å². The molecule has 78 valence electrons. The highest BCUT2D eigenvalue weighted by atomic mass is 19.2. The summed E-state index contributed by atoms with van der Waals surface area (Å²) in [7, 11) is 0. The van der Waals surface area contributed by atoms with E-state index in [4.69, 9.17) is 10.8 Å². The van der Waals surface area contributed by atoms with Crippen molar-refractivity contribution in [1.82, 2.24) is 0 Å². The first-order valence-electron chi connectivity index (χ1n) is 4.05. The molecule has 0 spiro atoms. The standard InChI is InChI=1S/C9H11F2NO2/c1-4(13)8(12)5-2-3-6(10)7(11)9(5)14/h2-4,8,13-14H,12H2,1H3/t4?,8-/m0/s1. The van der Waals surface area contributed by atoms with E-state index in [2.05, 4.69) is 0 Å². The largest absolute Gasteiger partial charge is 0.505 e. The summed E-state index contributed by atoms with van der Waals surface area (Å²) >= 11 is 0. The lowest BCUT2D eigenvalue weighted by Gasteiger charge is -2.16. The number of halogens is 2. The van der Waals surface area contributed by atoms with Crippen molar-refractivity contribution in [1.29, 1.82) is 0 Å². The van der Waals surface area contributed by atoms with E-state index in [0.717, 1.165) is 12.1 Å². The molecule has 0 amide bonds. The average molecular weight is 203 g/mol. The van der Waals surface area contributed by atoms with Gasteiger partial charge >= 0.3 is 0 Å². The summed E-state index contributed by atoms with van der Waals surface area (Å²) in [5.41, 5.74) is 5.44. The van der Waals surface area contributed by atoms with E-state index < -0.39 is 29.5 Å². The Labute approximate surface area is 79.8 Å². The third kappa shape index (κ3) is 1.83. The number of aliphatic hydroxyl groups excluding tert-OH is 1. The molecule has 1 unspecified atom stereocenters. The first kappa shape index (κ1) is 10.9. The second kappa shape index (κ2) is 3.89. The van der Waals surface area contributed by atoms with Crippen LogP contribution >= 0.6 is 0 Å². The van der Waals surface area contributed by atoms with Gasteiger partial charge in [0.1, 0.15) is 0 Å². The maximum Gasteiger partial charge on any atom is 0.200 e. The van der Waals surface area contributed by atoms with Crippen molar-refractivity contribution >= 4 is 0 Å². The zero-order chi connectivity index (χ0) is 10.9. The van der Waals surface area contributed by atoms with E-state index in [1.165, 1.54) is 6.92 Å². The number of phenols is 1. The van der Waals surface area contributed by atoms with E-state index >= 15 is 0 Å². The van der Waals surface area contributed by atoms with Crippen LogP contribution < -0.4 is 5.73 Å². The van der Waals surface area contributed by atoms with Gasteiger partial charge in [-0.05, 0) is 13.0 Å². The van der Waals surface area contributed by atoms with Crippen molar-refractivity contribution in [3.63, 3.8) is 0 Å². The molecule has 4 N–H and O–H groups in total. The Kier molecular flexibility index (Phi) is 3.03. The second-order valence-corrected chi connectivity index (χ2v) is 3.07. The minimum Gasteiger partial charge on any atom is -0.505 e. The molecule has 2 atom stereocenters. The monoisotopic (exact) mass is 203 g/mol. The average Bonchev–Trinajstić information content (AvgIpc) is 2.13. The van der Waals surface area contributed by atoms with Crippen LogP contribution in [-0.2, 0) is 0 Å². The molecule has 0 radical (unpaired) electrons. The van der Waals surface area contributed by atoms with Crippen LogP contribution in [0.3, 0.4) is 0 Å². The third-order valence-corrected chi connectivity index (χ3v) is 1.98. The lowest BCUT2D eigenvalue weighted by atomic mass is 10.0. The lowest BCUT2D eigenvalue weighted by molar-refractivity contribution is 0.162. The van der Waals surface area contributed by atoms with Crippen molar-refractivity contribution in [2.24, 2.45) is 5.73 Å². The van der Waals surface area contributed by atoms with Gasteiger partial charge in [0.2, 0.25) is 5.82 Å². The molecule has 0 saturated heterocycles. The normalized spacial score (nSPS) is 15.2. The van der Waals surface area contributed by atoms with Crippen LogP contribution in [-0.4, -0.2) is 16.3 Å². The lowest BCUT2D eigenvalue weighted by Crippen LogP contribution is -2.23. The maximum atomic E-state index is 12.9. The number of hydrogen-bond donors (Lipinski definition) is 3. The molecular weight excluding hydrogens is 192 g/mol. The Morgan fingerprint density at radius 1 is 1.36 bits per heavy atom. The molecule has 1 aromatic rings. The number of phenolic OH excluding ortho intramolecular Hbond substituents is 1. The molecule has 0 fully saturated rings. The van der Waals surface area contributed by atoms with Gasteiger partial charge in [-0.1, -0.05) is 6.07 Å². The van der Waals surface area contributed by atoms with Crippen LogP contribution in [0.15, 0.2) is 12.1 Å². The zero-order valence-electron chi connectivity index (χ0n) is 7.54. The highest BCUT2D eigenvalue weighted by molar-refractivity contribution is 5.37. The predicted octanol–water partition coefficient (Wildman–Crippen LogP) is 1.05. The molecule has 1 aromatic carbocycles. The molecule has 0 aliphatic carbocycles. The van der Waals surface area contributed by atoms with Crippen LogP contribution in [0.4, 0.5) is 8.78 Å². The Morgan fingerprint density at radius 2 is 1.93 bits per heavy atom. The topological polar surface area (TPSA) is 66.5 Å². The van der Waals surface area contributed by atoms with E-state index in [0.29, 0.717) is 0 Å². The van der Waals surface area contributed by atoms with Crippen LogP contribution in [0, 0.1) is 11.6 Å². The highest BCUT2D eigenvalue weighted by Gasteiger charge is 2.20. The second-order valence-electron chi connectivity index (χ2n) is 3.07. The van der Waals surface area contributed by atoms with Crippen molar-refractivity contribution in [2.75, 3.05) is 0 Å². The number of aromatic hydroxyl groups is 1. The van der Waals surface area contributed by atoms with Gasteiger partial charge in [-0.3, -0.25) is 0 Å². The molecule has 0 bridgehead atoms. The Hall–Kier alpha value is -1.20. The van der Waals surface area contributed by atoms with Gasteiger partial charge in [0.15, 0.2) is 11.6 Å². The van der Waals surface area contributed by atoms with Gasteiger partial charge in [-0.25, -0.2) is 4.39 Å². The number of aliphatic hydroxyl groups is 1. The molecule has 0 aliphatic heterocycles. The number of benzene rings is 1. The van der Waals surface area contributed by atoms with E-state index in [-0.39, 0.29) is 5.56 Å². The molecule has 0 aromatic heterocycles. The summed E-state index contributed by atoms with van der Waals surface area (Å²) in [4.78, 5) is 0. The molecule has 5 heteroatoms. The summed E-state index contributed by atoms with van der Waals surface area (Å²) in [6, 6.07) is 1.06. The summed E-state index contributed by atoms with van der Waals surface area (Å²) in [5.74, 6) is -3.35. The first-order chi connectivity index (χ1) is 6.45. The van der Waals surface area contributed by atoms with Crippen molar-refractivity contribution < 1.29 is 19.0 Å². The minimum atomic E-state index is -1.35. The summed E-state index contributed by atoms with van der Waals surface area (Å²) in [6.07, 6.45) is -0.953. The Morgan fingerprint density at radius 3 is 2.43 bits per heavy atom. The summed E-state index contributed by atoms with van der Waals surface area (Å²) in [5, 5.41) is 18.3. The highest BCUT2D eigenvalue weighted by Crippen LogP contribution is 2.28. The minimum absolute atomic E-state index is 0.0149. The van der Waals surface area contributed by atoms with Crippen LogP contribution in [0.2, 0.25) is 0 Å². The van der Waals surface area contributed by atoms with E-state index in [9.17, 15) is 13.9 Å². The van der Waals surface area contributed by atoms with Crippen LogP contribution in [0.5, 0.6) is 5.75 Å². The third-order valence-electron chi connectivity index (χ3n) is 1.98. The molecule has 0 saturated carbocycles. The fourth-order valence-electron chi connectivity index (χ4n) is 1.08. The molecule has 0 aliphatic rings. The first-order valence-corrected chi connectivity index (χ1v) is 4.05. The Bertz CT molecular complexity index is 342. The van der Waals surface area contributed by atoms with Crippen molar-refractivity contribution in [2.45, 2.75) is 19.1 Å². The smallest absolute Gasteiger partial charge is 0.200 e.